The van der Waals surface area contributed by atoms with Crippen molar-refractivity contribution in [1.82, 2.24) is 14.5 Å². The summed E-state index contributed by atoms with van der Waals surface area (Å²) in [4.78, 5) is 19.0. The second-order valence-corrected chi connectivity index (χ2v) is 6.87. The highest BCUT2D eigenvalue weighted by Gasteiger charge is 2.19. The zero-order chi connectivity index (χ0) is 19.4. The topological polar surface area (TPSA) is 73.4 Å². The van der Waals surface area contributed by atoms with Gasteiger partial charge in [0.25, 0.3) is 0 Å². The van der Waals surface area contributed by atoms with Gasteiger partial charge in [0.15, 0.2) is 0 Å². The van der Waals surface area contributed by atoms with E-state index in [4.69, 9.17) is 22.1 Å². The van der Waals surface area contributed by atoms with Gasteiger partial charge in [0.1, 0.15) is 24.7 Å². The number of amides is 1. The van der Waals surface area contributed by atoms with E-state index in [1.807, 2.05) is 35.8 Å². The Morgan fingerprint density at radius 1 is 1.25 bits per heavy atom. The van der Waals surface area contributed by atoms with Crippen LogP contribution in [0.2, 0.25) is 5.02 Å². The Kier molecular flexibility index (Phi) is 7.69. The molecule has 150 valence electrons. The Labute approximate surface area is 175 Å². The third-order valence-corrected chi connectivity index (χ3v) is 4.86. The number of nitrogens with two attached hydrogens (primary N) is 1. The summed E-state index contributed by atoms with van der Waals surface area (Å²) in [5.74, 6) is 1.36. The van der Waals surface area contributed by atoms with E-state index < -0.39 is 0 Å². The summed E-state index contributed by atoms with van der Waals surface area (Å²) in [6, 6.07) is 14.9. The van der Waals surface area contributed by atoms with Crippen molar-refractivity contribution in [2.75, 3.05) is 13.6 Å². The van der Waals surface area contributed by atoms with Gasteiger partial charge in [-0.05, 0) is 43.3 Å². The van der Waals surface area contributed by atoms with Crippen LogP contribution in [0.1, 0.15) is 12.7 Å². The summed E-state index contributed by atoms with van der Waals surface area (Å²) in [5.41, 5.74) is 7.41. The molecule has 2 aromatic carbocycles. The van der Waals surface area contributed by atoms with Crippen molar-refractivity contribution in [2.45, 2.75) is 26.1 Å². The van der Waals surface area contributed by atoms with Gasteiger partial charge in [-0.2, -0.15) is 0 Å². The fourth-order valence-electron chi connectivity index (χ4n) is 2.74. The van der Waals surface area contributed by atoms with Gasteiger partial charge in [-0.15, -0.1) is 12.4 Å². The summed E-state index contributed by atoms with van der Waals surface area (Å²) < 4.78 is 7.74. The van der Waals surface area contributed by atoms with Crippen molar-refractivity contribution in [3.05, 3.63) is 59.4 Å². The Balaban J connectivity index is 0.00000280. The lowest BCUT2D eigenvalue weighted by atomic mass is 10.3. The number of hydrogen-bond donors (Lipinski definition) is 1. The monoisotopic (exact) mass is 422 g/mol. The number of likely N-dealkylation sites (N-methyl/N-ethyl adjacent to an activating group) is 1. The van der Waals surface area contributed by atoms with Crippen LogP contribution in [0.3, 0.4) is 0 Å². The molecule has 0 saturated heterocycles. The van der Waals surface area contributed by atoms with E-state index in [1.165, 1.54) is 0 Å². The molecule has 1 heterocycles. The highest BCUT2D eigenvalue weighted by atomic mass is 35.5. The van der Waals surface area contributed by atoms with Crippen LogP contribution in [-0.2, 0) is 17.9 Å². The molecule has 0 spiro atoms. The zero-order valence-electron chi connectivity index (χ0n) is 15.8. The maximum atomic E-state index is 12.7. The minimum Gasteiger partial charge on any atom is -0.486 e. The summed E-state index contributed by atoms with van der Waals surface area (Å²) >= 11 is 5.91. The van der Waals surface area contributed by atoms with Gasteiger partial charge in [0.05, 0.1) is 11.0 Å². The molecule has 3 aromatic rings. The lowest BCUT2D eigenvalue weighted by Gasteiger charge is -2.24. The van der Waals surface area contributed by atoms with Gasteiger partial charge in [-0.1, -0.05) is 23.7 Å². The Bertz CT molecular complexity index is 928. The number of rotatable bonds is 7. The highest BCUT2D eigenvalue weighted by Crippen LogP contribution is 2.20. The predicted molar refractivity (Wildman–Crippen MR) is 114 cm³/mol. The molecule has 1 unspecified atom stereocenters. The number of hydrogen-bond acceptors (Lipinski definition) is 4. The number of benzene rings is 2. The van der Waals surface area contributed by atoms with E-state index in [0.717, 1.165) is 11.0 Å². The van der Waals surface area contributed by atoms with Crippen molar-refractivity contribution in [2.24, 2.45) is 5.73 Å². The van der Waals surface area contributed by atoms with Gasteiger partial charge < -0.3 is 19.9 Å². The molecular formula is C20H24Cl2N4O2. The molecule has 8 heteroatoms. The molecular weight excluding hydrogens is 399 g/mol. The summed E-state index contributed by atoms with van der Waals surface area (Å²) in [7, 11) is 1.77. The number of ether oxygens (including phenoxy) is 1. The minimum atomic E-state index is -0.0268. The number of imidazole rings is 1. The predicted octanol–water partition coefficient (Wildman–Crippen LogP) is 3.50. The average molecular weight is 423 g/mol. The number of nitrogens with zero attached hydrogens (tertiary/aromatic N) is 3. The minimum absolute atomic E-state index is 0. The Morgan fingerprint density at radius 3 is 2.61 bits per heavy atom. The molecule has 0 saturated carbocycles. The van der Waals surface area contributed by atoms with Gasteiger partial charge >= 0.3 is 0 Å². The van der Waals surface area contributed by atoms with Gasteiger partial charge in [0.2, 0.25) is 5.91 Å². The Hall–Kier alpha value is -2.28. The number of halogens is 2. The molecule has 0 aliphatic heterocycles. The molecule has 0 bridgehead atoms. The maximum absolute atomic E-state index is 12.7. The zero-order valence-corrected chi connectivity index (χ0v) is 17.4. The van der Waals surface area contributed by atoms with Crippen LogP contribution in [-0.4, -0.2) is 40.0 Å². The first kappa shape index (κ1) is 22.0. The van der Waals surface area contributed by atoms with Crippen molar-refractivity contribution < 1.29 is 9.53 Å². The van der Waals surface area contributed by atoms with E-state index in [1.54, 1.807) is 36.2 Å². The second kappa shape index (κ2) is 9.78. The van der Waals surface area contributed by atoms with Crippen molar-refractivity contribution in [3.8, 4) is 5.75 Å². The molecule has 0 fully saturated rings. The van der Waals surface area contributed by atoms with Crippen LogP contribution in [0.15, 0.2) is 48.5 Å². The SMILES string of the molecule is CC(CN)N(C)C(=O)Cn1c(COc2ccc(Cl)cc2)nc2ccccc21.Cl. The number of para-hydroxylation sites is 2. The first-order chi connectivity index (χ1) is 13.0. The third kappa shape index (κ3) is 4.95. The molecule has 1 amide bonds. The fraction of sp³-hybridized carbons (Fsp3) is 0.300. The molecule has 1 aromatic heterocycles. The second-order valence-electron chi connectivity index (χ2n) is 6.43. The molecule has 1 atom stereocenters. The standard InChI is InChI=1S/C20H23ClN4O2.ClH/c1-14(11-22)24(2)20(26)12-25-18-6-4-3-5-17(18)23-19(25)13-27-16-9-7-15(21)8-10-16;/h3-10,14H,11-13,22H2,1-2H3;1H. The molecule has 0 aliphatic rings. The average Bonchev–Trinajstić information content (AvgIpc) is 3.03. The molecule has 3 rings (SSSR count). The number of carbonyl (C=O) groups excluding carboxylic acids is 1. The smallest absolute Gasteiger partial charge is 0.242 e. The normalized spacial score (nSPS) is 11.7. The van der Waals surface area contributed by atoms with E-state index in [2.05, 4.69) is 4.98 Å². The van der Waals surface area contributed by atoms with Crippen molar-refractivity contribution in [1.29, 1.82) is 0 Å². The van der Waals surface area contributed by atoms with Crippen LogP contribution >= 0.6 is 24.0 Å². The molecule has 6 nitrogen and oxygen atoms in total. The first-order valence-corrected chi connectivity index (χ1v) is 9.15. The van der Waals surface area contributed by atoms with Crippen LogP contribution in [0.4, 0.5) is 0 Å². The van der Waals surface area contributed by atoms with Gasteiger partial charge in [0, 0.05) is 24.7 Å². The molecule has 2 N–H and O–H groups in total. The number of aromatic nitrogens is 2. The summed E-state index contributed by atoms with van der Waals surface area (Å²) in [6.45, 7) is 2.77. The lowest BCUT2D eigenvalue weighted by molar-refractivity contribution is -0.132. The van der Waals surface area contributed by atoms with E-state index in [-0.39, 0.29) is 37.5 Å². The van der Waals surface area contributed by atoms with Crippen LogP contribution in [0.25, 0.3) is 11.0 Å². The van der Waals surface area contributed by atoms with E-state index in [0.29, 0.717) is 23.1 Å². The van der Waals surface area contributed by atoms with E-state index in [9.17, 15) is 4.79 Å². The molecule has 0 aliphatic carbocycles. The van der Waals surface area contributed by atoms with Crippen LogP contribution < -0.4 is 10.5 Å². The van der Waals surface area contributed by atoms with Gasteiger partial charge in [-0.25, -0.2) is 4.98 Å². The lowest BCUT2D eigenvalue weighted by Crippen LogP contribution is -2.41. The van der Waals surface area contributed by atoms with Crippen LogP contribution in [0, 0.1) is 0 Å². The first-order valence-electron chi connectivity index (χ1n) is 8.78. The molecule has 28 heavy (non-hydrogen) atoms. The highest BCUT2D eigenvalue weighted by molar-refractivity contribution is 6.30. The summed E-state index contributed by atoms with van der Waals surface area (Å²) in [5, 5.41) is 0.650. The van der Waals surface area contributed by atoms with Crippen molar-refractivity contribution >= 4 is 40.9 Å². The third-order valence-electron chi connectivity index (χ3n) is 4.60. The fourth-order valence-corrected chi connectivity index (χ4v) is 2.87. The van der Waals surface area contributed by atoms with Gasteiger partial charge in [-0.3, -0.25) is 4.79 Å². The number of fused-ring (bicyclic) bond motifs is 1. The van der Waals surface area contributed by atoms with Crippen molar-refractivity contribution in [3.63, 3.8) is 0 Å². The van der Waals surface area contributed by atoms with Crippen LogP contribution in [0.5, 0.6) is 5.75 Å². The molecule has 0 radical (unpaired) electrons. The Morgan fingerprint density at radius 2 is 1.93 bits per heavy atom. The maximum Gasteiger partial charge on any atom is 0.242 e. The quantitative estimate of drug-likeness (QED) is 0.632. The number of carbonyl (C=O) groups is 1. The summed E-state index contributed by atoms with van der Waals surface area (Å²) in [6.07, 6.45) is 0. The van der Waals surface area contributed by atoms with E-state index >= 15 is 0 Å². The largest absolute Gasteiger partial charge is 0.486 e.